The third-order valence-electron chi connectivity index (χ3n) is 2.59. The topological polar surface area (TPSA) is 34.1 Å². The lowest BCUT2D eigenvalue weighted by Gasteiger charge is -2.19. The number of thioether (sulfide) groups is 1. The average molecular weight is 282 g/mol. The first-order chi connectivity index (χ1) is 8.67. The number of hydrogen-bond donors (Lipinski definition) is 0. The van der Waals surface area contributed by atoms with Gasteiger partial charge in [0, 0.05) is 17.6 Å². The zero-order valence-electron chi connectivity index (χ0n) is 13.2. The van der Waals surface area contributed by atoms with Crippen LogP contribution in [0.3, 0.4) is 0 Å². The summed E-state index contributed by atoms with van der Waals surface area (Å²) in [6, 6.07) is 0. The summed E-state index contributed by atoms with van der Waals surface area (Å²) in [6.45, 7) is 12.0. The molecule has 0 bridgehead atoms. The molecule has 0 aliphatic carbocycles. The molecule has 0 aromatic heterocycles. The second kappa shape index (κ2) is 7.68. The van der Waals surface area contributed by atoms with Gasteiger partial charge in [-0.1, -0.05) is 47.6 Å². The van der Waals surface area contributed by atoms with E-state index in [0.717, 1.165) is 11.2 Å². The summed E-state index contributed by atoms with van der Waals surface area (Å²) in [5, 5.41) is 0. The van der Waals surface area contributed by atoms with E-state index in [2.05, 4.69) is 0 Å². The minimum absolute atomic E-state index is 0.0423. The minimum atomic E-state index is -0.129. The van der Waals surface area contributed by atoms with Crippen molar-refractivity contribution in [2.75, 3.05) is 6.26 Å². The first-order valence-electron chi connectivity index (χ1n) is 6.67. The first-order valence-corrected chi connectivity index (χ1v) is 7.90. The van der Waals surface area contributed by atoms with Gasteiger partial charge in [0.05, 0.1) is 0 Å². The molecule has 0 spiro atoms. The van der Waals surface area contributed by atoms with Gasteiger partial charge in [-0.05, 0) is 22.5 Å². The van der Waals surface area contributed by atoms with Crippen LogP contribution >= 0.6 is 11.8 Å². The maximum Gasteiger partial charge on any atom is 0.164 e. The third-order valence-corrected chi connectivity index (χ3v) is 3.71. The van der Waals surface area contributed by atoms with E-state index in [1.54, 1.807) is 11.8 Å². The molecule has 0 heterocycles. The van der Waals surface area contributed by atoms with Crippen LogP contribution in [0.4, 0.5) is 0 Å². The van der Waals surface area contributed by atoms with E-state index in [0.29, 0.717) is 17.6 Å². The van der Waals surface area contributed by atoms with E-state index in [-0.39, 0.29) is 17.1 Å². The second-order valence-electron chi connectivity index (χ2n) is 5.96. The molecule has 0 atom stereocenters. The van der Waals surface area contributed by atoms with Crippen molar-refractivity contribution in [3.05, 3.63) is 22.1 Å². The predicted octanol–water partition coefficient (Wildman–Crippen LogP) is 4.41. The summed E-state index contributed by atoms with van der Waals surface area (Å²) in [4.78, 5) is 24.7. The minimum Gasteiger partial charge on any atom is -0.298 e. The zero-order valence-corrected chi connectivity index (χ0v) is 14.0. The Bertz CT molecular complexity index is 395. The van der Waals surface area contributed by atoms with Crippen LogP contribution in [-0.4, -0.2) is 18.3 Å². The molecule has 108 valence electrons. The molecule has 19 heavy (non-hydrogen) atoms. The van der Waals surface area contributed by atoms with Crippen LogP contribution < -0.4 is 0 Å². The number of carbonyl (C=O) groups excluding carboxylic acids is 2. The Labute approximate surface area is 121 Å². The molecule has 2 nitrogen and oxygen atoms in total. The van der Waals surface area contributed by atoms with Gasteiger partial charge in [0.1, 0.15) is 0 Å². The lowest BCUT2D eigenvalue weighted by Crippen LogP contribution is -2.13. The van der Waals surface area contributed by atoms with Gasteiger partial charge in [-0.2, -0.15) is 0 Å². The Hall–Kier alpha value is -0.830. The molecule has 0 fully saturated rings. The predicted molar refractivity (Wildman–Crippen MR) is 84.3 cm³/mol. The molecular formula is C16H26O2S. The average Bonchev–Trinajstić information content (AvgIpc) is 2.30. The summed E-state index contributed by atoms with van der Waals surface area (Å²) >= 11 is 1.56. The van der Waals surface area contributed by atoms with Crippen molar-refractivity contribution < 1.29 is 9.59 Å². The van der Waals surface area contributed by atoms with Crippen LogP contribution in [0, 0.1) is 11.3 Å². The quantitative estimate of drug-likeness (QED) is 0.411. The molecule has 0 radical (unpaired) electrons. The third kappa shape index (κ3) is 5.77. The highest BCUT2D eigenvalue weighted by Gasteiger charge is 2.21. The molecule has 0 aliphatic rings. The number of hydrogen-bond acceptors (Lipinski definition) is 3. The van der Waals surface area contributed by atoms with Gasteiger partial charge in [-0.25, -0.2) is 0 Å². The Balaban J connectivity index is 6.07. The van der Waals surface area contributed by atoms with Crippen LogP contribution in [0.5, 0.6) is 0 Å². The smallest absolute Gasteiger partial charge is 0.164 e. The highest BCUT2D eigenvalue weighted by molar-refractivity contribution is 8.02. The standard InChI is InChI=1S/C16H26O2S/c1-8-13(18)14(15(19-7)11(2)3)12(10-17)9-16(4,5)6/h9-11H,8H2,1-7H3/b12-9+,15-14+. The van der Waals surface area contributed by atoms with Gasteiger partial charge >= 0.3 is 0 Å². The Morgan fingerprint density at radius 2 is 1.79 bits per heavy atom. The maximum absolute atomic E-state index is 12.2. The largest absolute Gasteiger partial charge is 0.298 e. The van der Waals surface area contributed by atoms with Crippen LogP contribution in [0.25, 0.3) is 0 Å². The molecule has 0 unspecified atom stereocenters. The van der Waals surface area contributed by atoms with E-state index in [1.165, 1.54) is 0 Å². The number of Topliss-reactive ketones (excluding diaryl/α,β-unsaturated/α-hetero) is 1. The van der Waals surface area contributed by atoms with E-state index in [1.807, 2.05) is 53.9 Å². The molecule has 0 N–H and O–H groups in total. The van der Waals surface area contributed by atoms with Crippen LogP contribution in [0.2, 0.25) is 0 Å². The molecule has 0 amide bonds. The molecule has 0 aromatic carbocycles. The van der Waals surface area contributed by atoms with Gasteiger partial charge in [-0.3, -0.25) is 9.59 Å². The molecule has 0 saturated heterocycles. The lowest BCUT2D eigenvalue weighted by atomic mass is 9.88. The number of carbonyl (C=O) groups is 2. The van der Waals surface area contributed by atoms with Crippen molar-refractivity contribution in [1.82, 2.24) is 0 Å². The summed E-state index contributed by atoms with van der Waals surface area (Å²) in [6.07, 6.45) is 5.08. The van der Waals surface area contributed by atoms with Crippen molar-refractivity contribution in [3.8, 4) is 0 Å². The van der Waals surface area contributed by atoms with Crippen molar-refractivity contribution >= 4 is 23.8 Å². The molecule has 0 aliphatic heterocycles. The van der Waals surface area contributed by atoms with Crippen LogP contribution in [0.15, 0.2) is 22.1 Å². The fourth-order valence-electron chi connectivity index (χ4n) is 1.88. The molecule has 0 saturated carbocycles. The van der Waals surface area contributed by atoms with E-state index < -0.39 is 0 Å². The monoisotopic (exact) mass is 282 g/mol. The highest BCUT2D eigenvalue weighted by atomic mass is 32.2. The Morgan fingerprint density at radius 3 is 2.05 bits per heavy atom. The Kier molecular flexibility index (Phi) is 7.35. The lowest BCUT2D eigenvalue weighted by molar-refractivity contribution is -0.115. The number of allylic oxidation sites excluding steroid dienone is 4. The fraction of sp³-hybridized carbons (Fsp3) is 0.625. The summed E-state index contributed by atoms with van der Waals surface area (Å²) in [5.74, 6) is 0.282. The van der Waals surface area contributed by atoms with Gasteiger partial charge in [0.25, 0.3) is 0 Å². The fourth-order valence-corrected chi connectivity index (χ4v) is 2.78. The zero-order chi connectivity index (χ0) is 15.2. The molecule has 3 heteroatoms. The first kappa shape index (κ1) is 18.2. The Morgan fingerprint density at radius 1 is 1.26 bits per heavy atom. The van der Waals surface area contributed by atoms with Crippen molar-refractivity contribution in [2.45, 2.75) is 48.0 Å². The van der Waals surface area contributed by atoms with Crippen molar-refractivity contribution in [1.29, 1.82) is 0 Å². The number of rotatable bonds is 6. The van der Waals surface area contributed by atoms with E-state index in [4.69, 9.17) is 0 Å². The van der Waals surface area contributed by atoms with Crippen molar-refractivity contribution in [2.24, 2.45) is 11.3 Å². The summed E-state index contributed by atoms with van der Waals surface area (Å²) in [7, 11) is 0. The van der Waals surface area contributed by atoms with Crippen molar-refractivity contribution in [3.63, 3.8) is 0 Å². The summed E-state index contributed by atoms with van der Waals surface area (Å²) in [5.41, 5.74) is 1.00. The summed E-state index contributed by atoms with van der Waals surface area (Å²) < 4.78 is 0. The van der Waals surface area contributed by atoms with E-state index >= 15 is 0 Å². The second-order valence-corrected chi connectivity index (χ2v) is 6.81. The molecule has 0 rings (SSSR count). The van der Waals surface area contributed by atoms with Gasteiger partial charge < -0.3 is 0 Å². The van der Waals surface area contributed by atoms with Crippen LogP contribution in [0.1, 0.15) is 48.0 Å². The van der Waals surface area contributed by atoms with Gasteiger partial charge in [0.15, 0.2) is 12.1 Å². The molecule has 0 aromatic rings. The van der Waals surface area contributed by atoms with Gasteiger partial charge in [0.2, 0.25) is 0 Å². The SMILES string of the molecule is CCC(=O)C(/C(C=O)=C/C(C)(C)C)=C(/SC)C(C)C. The highest BCUT2D eigenvalue weighted by Crippen LogP contribution is 2.32. The maximum atomic E-state index is 12.2. The number of aldehydes is 1. The molecular weight excluding hydrogens is 256 g/mol. The normalized spacial score (nSPS) is 14.4. The van der Waals surface area contributed by atoms with Gasteiger partial charge in [-0.15, -0.1) is 11.8 Å². The number of ketones is 1. The van der Waals surface area contributed by atoms with E-state index in [9.17, 15) is 9.59 Å². The van der Waals surface area contributed by atoms with Crippen LogP contribution in [-0.2, 0) is 9.59 Å².